The van der Waals surface area contributed by atoms with Crippen LogP contribution in [0.15, 0.2) is 36.5 Å². The second kappa shape index (κ2) is 8.48. The number of ether oxygens (including phenoxy) is 1. The van der Waals surface area contributed by atoms with Gasteiger partial charge >= 0.3 is 6.03 Å². The summed E-state index contributed by atoms with van der Waals surface area (Å²) < 4.78 is 5.44. The van der Waals surface area contributed by atoms with Crippen LogP contribution in [-0.4, -0.2) is 59.0 Å². The van der Waals surface area contributed by atoms with Crippen molar-refractivity contribution in [2.45, 2.75) is 31.2 Å². The first-order chi connectivity index (χ1) is 14.5. The molecular formula is C21H23N5O4. The number of nitrogens with one attached hydrogen (secondary N) is 2. The molecule has 1 aromatic heterocycles. The zero-order chi connectivity index (χ0) is 21.1. The molecule has 1 atom stereocenters. The summed E-state index contributed by atoms with van der Waals surface area (Å²) in [6, 6.07) is 8.24. The number of carbonyl (C=O) groups excluding carboxylic acids is 3. The van der Waals surface area contributed by atoms with E-state index in [1.807, 2.05) is 30.3 Å². The Balaban J connectivity index is 1.39. The second-order valence-electron chi connectivity index (χ2n) is 7.37. The highest BCUT2D eigenvalue weighted by Gasteiger charge is 2.34. The lowest BCUT2D eigenvalue weighted by Crippen LogP contribution is -2.42. The molecule has 0 aliphatic carbocycles. The Morgan fingerprint density at radius 3 is 2.67 bits per heavy atom. The molecule has 2 fully saturated rings. The summed E-state index contributed by atoms with van der Waals surface area (Å²) in [5.41, 5.74) is 1.71. The quantitative estimate of drug-likeness (QED) is 0.723. The number of likely N-dealkylation sites (tertiary alicyclic amines) is 1. The number of hydrogen-bond acceptors (Lipinski definition) is 6. The summed E-state index contributed by atoms with van der Waals surface area (Å²) in [4.78, 5) is 46.3. The standard InChI is InChI=1S/C21H23N5O4/c1-30-17-5-3-2-4-14(17)15-6-9-22-19(23-15)13-7-10-26(11-8-13)18(27)12-16-20(28)25-21(29)24-16/h2-6,9,13,16H,7-8,10-12H2,1H3,(H2,24,25,28,29)/t16-/m0/s1. The summed E-state index contributed by atoms with van der Waals surface area (Å²) in [6.45, 7) is 1.13. The van der Waals surface area contributed by atoms with Crippen LogP contribution in [0.5, 0.6) is 5.75 Å². The Kier molecular flexibility index (Phi) is 5.60. The molecule has 3 heterocycles. The van der Waals surface area contributed by atoms with Crippen LogP contribution in [-0.2, 0) is 9.59 Å². The Bertz CT molecular complexity index is 971. The van der Waals surface area contributed by atoms with Crippen LogP contribution < -0.4 is 15.4 Å². The lowest BCUT2D eigenvalue weighted by atomic mass is 9.95. The molecule has 30 heavy (non-hydrogen) atoms. The van der Waals surface area contributed by atoms with Gasteiger partial charge < -0.3 is 15.0 Å². The fraction of sp³-hybridized carbons (Fsp3) is 0.381. The van der Waals surface area contributed by atoms with Gasteiger partial charge in [-0.1, -0.05) is 12.1 Å². The largest absolute Gasteiger partial charge is 0.496 e. The van der Waals surface area contributed by atoms with Crippen LogP contribution in [0.25, 0.3) is 11.3 Å². The Morgan fingerprint density at radius 2 is 1.97 bits per heavy atom. The molecule has 0 radical (unpaired) electrons. The molecule has 0 bridgehead atoms. The number of imide groups is 1. The van der Waals surface area contributed by atoms with Gasteiger partial charge in [-0.05, 0) is 31.0 Å². The summed E-state index contributed by atoms with van der Waals surface area (Å²) in [5.74, 6) is 1.07. The average molecular weight is 409 g/mol. The zero-order valence-electron chi connectivity index (χ0n) is 16.6. The van der Waals surface area contributed by atoms with Crippen LogP contribution >= 0.6 is 0 Å². The van der Waals surface area contributed by atoms with E-state index in [1.165, 1.54) is 0 Å². The lowest BCUT2D eigenvalue weighted by molar-refractivity contribution is -0.134. The normalized spacial score (nSPS) is 19.4. The van der Waals surface area contributed by atoms with E-state index >= 15 is 0 Å². The van der Waals surface area contributed by atoms with Crippen molar-refractivity contribution in [1.82, 2.24) is 25.5 Å². The SMILES string of the molecule is COc1ccccc1-c1ccnc(C2CCN(C(=O)C[C@@H]3NC(=O)NC3=O)CC2)n1. The van der Waals surface area contributed by atoms with Crippen molar-refractivity contribution in [2.75, 3.05) is 20.2 Å². The van der Waals surface area contributed by atoms with E-state index in [0.717, 1.165) is 35.7 Å². The van der Waals surface area contributed by atoms with E-state index in [-0.39, 0.29) is 18.2 Å². The minimum Gasteiger partial charge on any atom is -0.496 e. The Hall–Kier alpha value is -3.49. The zero-order valence-corrected chi connectivity index (χ0v) is 16.6. The maximum Gasteiger partial charge on any atom is 0.322 e. The number of nitrogens with zero attached hydrogens (tertiary/aromatic N) is 3. The summed E-state index contributed by atoms with van der Waals surface area (Å²) in [6.07, 6.45) is 3.21. The first-order valence-electron chi connectivity index (χ1n) is 9.90. The molecule has 0 unspecified atom stereocenters. The number of benzene rings is 1. The van der Waals surface area contributed by atoms with Gasteiger partial charge in [0.1, 0.15) is 17.6 Å². The fourth-order valence-electron chi connectivity index (χ4n) is 3.87. The van der Waals surface area contributed by atoms with E-state index < -0.39 is 18.0 Å². The predicted octanol–water partition coefficient (Wildman–Crippen LogP) is 1.46. The maximum atomic E-state index is 12.5. The number of amides is 4. The monoisotopic (exact) mass is 409 g/mol. The third kappa shape index (κ3) is 4.10. The summed E-state index contributed by atoms with van der Waals surface area (Å²) >= 11 is 0. The molecule has 156 valence electrons. The van der Waals surface area contributed by atoms with E-state index in [9.17, 15) is 14.4 Å². The van der Waals surface area contributed by atoms with Crippen molar-refractivity contribution in [1.29, 1.82) is 0 Å². The van der Waals surface area contributed by atoms with Crippen molar-refractivity contribution in [2.24, 2.45) is 0 Å². The van der Waals surface area contributed by atoms with Crippen molar-refractivity contribution in [3.05, 3.63) is 42.4 Å². The number of hydrogen-bond donors (Lipinski definition) is 2. The van der Waals surface area contributed by atoms with Gasteiger partial charge in [-0.3, -0.25) is 14.9 Å². The number of aromatic nitrogens is 2. The number of piperidine rings is 1. The molecule has 9 nitrogen and oxygen atoms in total. The number of rotatable bonds is 5. The first-order valence-corrected chi connectivity index (χ1v) is 9.90. The van der Waals surface area contributed by atoms with Crippen LogP contribution in [0.3, 0.4) is 0 Å². The molecule has 1 aromatic carbocycles. The van der Waals surface area contributed by atoms with E-state index in [0.29, 0.717) is 13.1 Å². The van der Waals surface area contributed by atoms with Crippen LogP contribution in [0.4, 0.5) is 4.79 Å². The van der Waals surface area contributed by atoms with E-state index in [2.05, 4.69) is 15.6 Å². The molecule has 4 rings (SSSR count). The number of para-hydroxylation sites is 1. The molecule has 9 heteroatoms. The number of carbonyl (C=O) groups is 3. The third-order valence-electron chi connectivity index (χ3n) is 5.51. The second-order valence-corrected chi connectivity index (χ2v) is 7.37. The van der Waals surface area contributed by atoms with Crippen LogP contribution in [0.2, 0.25) is 0 Å². The van der Waals surface area contributed by atoms with Crippen LogP contribution in [0.1, 0.15) is 31.0 Å². The molecule has 4 amide bonds. The number of methoxy groups -OCH3 is 1. The van der Waals surface area contributed by atoms with Gasteiger partial charge in [0.05, 0.1) is 19.2 Å². The highest BCUT2D eigenvalue weighted by Crippen LogP contribution is 2.31. The average Bonchev–Trinajstić information content (AvgIpc) is 3.10. The minimum absolute atomic E-state index is 0.0258. The van der Waals surface area contributed by atoms with Gasteiger partial charge in [-0.2, -0.15) is 0 Å². The minimum atomic E-state index is -0.788. The first kappa shape index (κ1) is 19.8. The fourth-order valence-corrected chi connectivity index (χ4v) is 3.87. The molecular weight excluding hydrogens is 386 g/mol. The molecule has 2 aliphatic heterocycles. The molecule has 2 aliphatic rings. The van der Waals surface area contributed by atoms with Crippen molar-refractivity contribution in [3.63, 3.8) is 0 Å². The smallest absolute Gasteiger partial charge is 0.322 e. The van der Waals surface area contributed by atoms with Gasteiger partial charge in [-0.15, -0.1) is 0 Å². The summed E-state index contributed by atoms with van der Waals surface area (Å²) in [7, 11) is 1.63. The van der Waals surface area contributed by atoms with Gasteiger partial charge in [0.25, 0.3) is 5.91 Å². The number of urea groups is 1. The highest BCUT2D eigenvalue weighted by molar-refractivity contribution is 6.05. The molecule has 2 N–H and O–H groups in total. The Morgan fingerprint density at radius 1 is 1.20 bits per heavy atom. The van der Waals surface area contributed by atoms with Crippen molar-refractivity contribution < 1.29 is 19.1 Å². The maximum absolute atomic E-state index is 12.5. The topological polar surface area (TPSA) is 114 Å². The molecule has 2 saturated heterocycles. The van der Waals surface area contributed by atoms with Gasteiger partial charge in [0.2, 0.25) is 5.91 Å². The molecule has 0 spiro atoms. The van der Waals surface area contributed by atoms with Crippen molar-refractivity contribution >= 4 is 17.8 Å². The van der Waals surface area contributed by atoms with Crippen molar-refractivity contribution in [3.8, 4) is 17.0 Å². The lowest BCUT2D eigenvalue weighted by Gasteiger charge is -2.31. The third-order valence-corrected chi connectivity index (χ3v) is 5.51. The van der Waals surface area contributed by atoms with E-state index in [4.69, 9.17) is 9.72 Å². The van der Waals surface area contributed by atoms with Gasteiger partial charge in [0, 0.05) is 30.8 Å². The van der Waals surface area contributed by atoms with E-state index in [1.54, 1.807) is 18.2 Å². The van der Waals surface area contributed by atoms with Gasteiger partial charge in [-0.25, -0.2) is 14.8 Å². The Labute approximate surface area is 173 Å². The molecule has 2 aromatic rings. The molecule has 0 saturated carbocycles. The highest BCUT2D eigenvalue weighted by atomic mass is 16.5. The summed E-state index contributed by atoms with van der Waals surface area (Å²) in [5, 5.41) is 4.61. The van der Waals surface area contributed by atoms with Crippen LogP contribution in [0, 0.1) is 0 Å². The predicted molar refractivity (Wildman–Crippen MR) is 108 cm³/mol. The van der Waals surface area contributed by atoms with Gasteiger partial charge in [0.15, 0.2) is 0 Å².